The van der Waals surface area contributed by atoms with Crippen LogP contribution in [0.3, 0.4) is 0 Å². The van der Waals surface area contributed by atoms with E-state index in [0.29, 0.717) is 0 Å². The van der Waals surface area contributed by atoms with Gasteiger partial charge in [0.2, 0.25) is 0 Å². The summed E-state index contributed by atoms with van der Waals surface area (Å²) in [6.45, 7) is 8.93. The lowest BCUT2D eigenvalue weighted by molar-refractivity contribution is 0.475. The van der Waals surface area contributed by atoms with E-state index in [0.717, 1.165) is 31.2 Å². The van der Waals surface area contributed by atoms with Gasteiger partial charge in [-0.1, -0.05) is 17.7 Å². The minimum Gasteiger partial charge on any atom is -0.464 e. The highest BCUT2D eigenvalue weighted by molar-refractivity contribution is 5.47. The Bertz CT molecular complexity index is 543. The first-order valence-electron chi connectivity index (χ1n) is 7.18. The van der Waals surface area contributed by atoms with Crippen LogP contribution in [0.25, 0.3) is 0 Å². The van der Waals surface area contributed by atoms with Crippen LogP contribution in [0, 0.1) is 13.8 Å². The highest BCUT2D eigenvalue weighted by Gasteiger charge is 2.11. The summed E-state index contributed by atoms with van der Waals surface area (Å²) in [5.74, 6) is 2.03. The summed E-state index contributed by atoms with van der Waals surface area (Å²) in [4.78, 5) is 2.32. The maximum Gasteiger partial charge on any atom is 0.123 e. The smallest absolute Gasteiger partial charge is 0.123 e. The van der Waals surface area contributed by atoms with Gasteiger partial charge in [0.1, 0.15) is 11.5 Å². The van der Waals surface area contributed by atoms with Gasteiger partial charge in [-0.2, -0.15) is 0 Å². The van der Waals surface area contributed by atoms with E-state index in [1.165, 1.54) is 16.8 Å². The summed E-state index contributed by atoms with van der Waals surface area (Å²) in [6.07, 6.45) is 0. The van der Waals surface area contributed by atoms with Crippen LogP contribution in [-0.2, 0) is 13.1 Å². The Hall–Kier alpha value is -1.74. The van der Waals surface area contributed by atoms with Crippen molar-refractivity contribution >= 4 is 5.69 Å². The van der Waals surface area contributed by atoms with Crippen molar-refractivity contribution in [2.75, 3.05) is 18.5 Å². The van der Waals surface area contributed by atoms with Gasteiger partial charge in [0, 0.05) is 24.3 Å². The summed E-state index contributed by atoms with van der Waals surface area (Å²) in [7, 11) is 1.96. The van der Waals surface area contributed by atoms with E-state index < -0.39 is 0 Å². The Morgan fingerprint density at radius 2 is 1.85 bits per heavy atom. The summed E-state index contributed by atoms with van der Waals surface area (Å²) < 4.78 is 5.86. The Morgan fingerprint density at radius 3 is 2.45 bits per heavy atom. The zero-order valence-electron chi connectivity index (χ0n) is 12.9. The van der Waals surface area contributed by atoms with E-state index in [-0.39, 0.29) is 0 Å². The van der Waals surface area contributed by atoms with Crippen LogP contribution in [-0.4, -0.2) is 13.6 Å². The molecule has 1 aromatic carbocycles. The largest absolute Gasteiger partial charge is 0.464 e. The number of hydrogen-bond donors (Lipinski definition) is 1. The van der Waals surface area contributed by atoms with Gasteiger partial charge in [-0.25, -0.2) is 0 Å². The second-order valence-electron chi connectivity index (χ2n) is 5.17. The molecule has 1 heterocycles. The van der Waals surface area contributed by atoms with E-state index in [9.17, 15) is 0 Å². The van der Waals surface area contributed by atoms with E-state index in [1.807, 2.05) is 14.0 Å². The maximum atomic E-state index is 5.86. The molecule has 3 nitrogen and oxygen atoms in total. The van der Waals surface area contributed by atoms with Gasteiger partial charge < -0.3 is 14.6 Å². The molecule has 0 aliphatic rings. The molecule has 0 radical (unpaired) electrons. The second kappa shape index (κ2) is 6.62. The lowest BCUT2D eigenvalue weighted by Gasteiger charge is -2.22. The first-order chi connectivity index (χ1) is 9.63. The molecular weight excluding hydrogens is 248 g/mol. The first kappa shape index (κ1) is 14.7. The highest BCUT2D eigenvalue weighted by Crippen LogP contribution is 2.21. The molecule has 0 amide bonds. The van der Waals surface area contributed by atoms with Crippen LogP contribution < -0.4 is 10.2 Å². The molecule has 0 saturated carbocycles. The van der Waals surface area contributed by atoms with Crippen molar-refractivity contribution in [2.24, 2.45) is 0 Å². The second-order valence-corrected chi connectivity index (χ2v) is 5.17. The number of anilines is 1. The Kier molecular flexibility index (Phi) is 4.85. The Balaban J connectivity index is 2.13. The van der Waals surface area contributed by atoms with Crippen LogP contribution in [0.5, 0.6) is 0 Å². The van der Waals surface area contributed by atoms with E-state index in [1.54, 1.807) is 0 Å². The average Bonchev–Trinajstić information content (AvgIpc) is 2.78. The molecule has 0 fully saturated rings. The van der Waals surface area contributed by atoms with Crippen molar-refractivity contribution in [1.29, 1.82) is 0 Å². The van der Waals surface area contributed by atoms with Crippen molar-refractivity contribution in [2.45, 2.75) is 33.9 Å². The van der Waals surface area contributed by atoms with E-state index >= 15 is 0 Å². The number of aryl methyl sites for hydroxylation is 2. The van der Waals surface area contributed by atoms with Crippen molar-refractivity contribution in [1.82, 2.24) is 5.32 Å². The van der Waals surface area contributed by atoms with Crippen molar-refractivity contribution in [3.05, 3.63) is 53.0 Å². The molecule has 0 aliphatic carbocycles. The molecule has 0 atom stereocenters. The van der Waals surface area contributed by atoms with E-state index in [2.05, 4.69) is 54.4 Å². The standard InChI is InChI=1S/C17H24N2O/c1-5-19(16-8-6-13(2)7-9-16)12-17-10-15(11-18-4)14(3)20-17/h6-10,18H,5,11-12H2,1-4H3. The monoisotopic (exact) mass is 272 g/mol. The predicted molar refractivity (Wildman–Crippen MR) is 84.1 cm³/mol. The summed E-state index contributed by atoms with van der Waals surface area (Å²) in [6, 6.07) is 10.8. The molecule has 108 valence electrons. The maximum absolute atomic E-state index is 5.86. The third kappa shape index (κ3) is 3.42. The summed E-state index contributed by atoms with van der Waals surface area (Å²) in [5, 5.41) is 3.17. The van der Waals surface area contributed by atoms with Crippen LogP contribution >= 0.6 is 0 Å². The van der Waals surface area contributed by atoms with Gasteiger partial charge >= 0.3 is 0 Å². The van der Waals surface area contributed by atoms with Crippen LogP contribution in [0.15, 0.2) is 34.7 Å². The molecule has 2 aromatic rings. The van der Waals surface area contributed by atoms with Gasteiger partial charge in [-0.05, 0) is 46.0 Å². The van der Waals surface area contributed by atoms with Gasteiger partial charge in [-0.3, -0.25) is 0 Å². The zero-order valence-corrected chi connectivity index (χ0v) is 12.9. The number of rotatable bonds is 6. The molecule has 0 spiro atoms. The molecule has 0 unspecified atom stereocenters. The molecule has 3 heteroatoms. The molecule has 2 rings (SSSR count). The molecule has 1 N–H and O–H groups in total. The number of furan rings is 1. The van der Waals surface area contributed by atoms with Crippen LogP contribution in [0.1, 0.15) is 29.6 Å². The van der Waals surface area contributed by atoms with Crippen LogP contribution in [0.2, 0.25) is 0 Å². The van der Waals surface area contributed by atoms with Crippen molar-refractivity contribution in [3.63, 3.8) is 0 Å². The minimum absolute atomic E-state index is 0.810. The number of nitrogens with zero attached hydrogens (tertiary/aromatic N) is 1. The summed E-state index contributed by atoms with van der Waals surface area (Å²) >= 11 is 0. The summed E-state index contributed by atoms with van der Waals surface area (Å²) in [5.41, 5.74) is 3.76. The van der Waals surface area contributed by atoms with Gasteiger partial charge in [-0.15, -0.1) is 0 Å². The molecule has 0 bridgehead atoms. The Morgan fingerprint density at radius 1 is 1.15 bits per heavy atom. The predicted octanol–water partition coefficient (Wildman–Crippen LogP) is 3.64. The van der Waals surface area contributed by atoms with E-state index in [4.69, 9.17) is 4.42 Å². The van der Waals surface area contributed by atoms with Gasteiger partial charge in [0.15, 0.2) is 0 Å². The fourth-order valence-electron chi connectivity index (χ4n) is 2.36. The Labute approximate surface area is 121 Å². The highest BCUT2D eigenvalue weighted by atomic mass is 16.3. The number of benzene rings is 1. The van der Waals surface area contributed by atoms with Gasteiger partial charge in [0.05, 0.1) is 6.54 Å². The quantitative estimate of drug-likeness (QED) is 0.870. The normalized spacial score (nSPS) is 10.8. The van der Waals surface area contributed by atoms with Gasteiger partial charge in [0.25, 0.3) is 0 Å². The van der Waals surface area contributed by atoms with Crippen molar-refractivity contribution < 1.29 is 4.42 Å². The lowest BCUT2D eigenvalue weighted by atomic mass is 10.2. The lowest BCUT2D eigenvalue weighted by Crippen LogP contribution is -2.21. The zero-order chi connectivity index (χ0) is 14.5. The minimum atomic E-state index is 0.810. The van der Waals surface area contributed by atoms with Crippen LogP contribution in [0.4, 0.5) is 5.69 Å². The molecule has 20 heavy (non-hydrogen) atoms. The molecule has 0 aliphatic heterocycles. The first-order valence-corrected chi connectivity index (χ1v) is 7.18. The number of hydrogen-bond acceptors (Lipinski definition) is 3. The fourth-order valence-corrected chi connectivity index (χ4v) is 2.36. The molecular formula is C17H24N2O. The average molecular weight is 272 g/mol. The fraction of sp³-hybridized carbons (Fsp3) is 0.412. The number of nitrogens with one attached hydrogen (secondary N) is 1. The third-order valence-electron chi connectivity index (χ3n) is 3.57. The van der Waals surface area contributed by atoms with Crippen molar-refractivity contribution in [3.8, 4) is 0 Å². The molecule has 1 aromatic heterocycles. The SMILES string of the molecule is CCN(Cc1cc(CNC)c(C)o1)c1ccc(C)cc1. The topological polar surface area (TPSA) is 28.4 Å². The third-order valence-corrected chi connectivity index (χ3v) is 3.57. The molecule has 0 saturated heterocycles.